The van der Waals surface area contributed by atoms with Crippen molar-refractivity contribution in [1.82, 2.24) is 0 Å². The van der Waals surface area contributed by atoms with Crippen molar-refractivity contribution in [3.05, 3.63) is 24.3 Å². The van der Waals surface area contributed by atoms with Crippen molar-refractivity contribution < 1.29 is 9.59 Å². The van der Waals surface area contributed by atoms with E-state index in [0.29, 0.717) is 35.7 Å². The summed E-state index contributed by atoms with van der Waals surface area (Å²) in [4.78, 5) is 24.1. The Morgan fingerprint density at radius 2 is 1.96 bits per heavy atom. The minimum absolute atomic E-state index is 0.0620. The molecule has 130 valence electrons. The Balaban J connectivity index is 1.71. The number of hydrogen-bond acceptors (Lipinski definition) is 2. The van der Waals surface area contributed by atoms with E-state index in [-0.39, 0.29) is 16.7 Å². The Bertz CT molecular complexity index is 630. The van der Waals surface area contributed by atoms with E-state index in [9.17, 15) is 9.59 Å². The zero-order valence-electron chi connectivity index (χ0n) is 15.1. The second-order valence-corrected chi connectivity index (χ2v) is 9.08. The molecule has 0 amide bonds. The van der Waals surface area contributed by atoms with Gasteiger partial charge in [-0.1, -0.05) is 18.6 Å². The highest BCUT2D eigenvalue weighted by molar-refractivity contribution is 5.91. The Kier molecular flexibility index (Phi) is 3.67. The first-order valence-corrected chi connectivity index (χ1v) is 9.80. The van der Waals surface area contributed by atoms with Crippen molar-refractivity contribution in [1.29, 1.82) is 0 Å². The summed E-state index contributed by atoms with van der Waals surface area (Å²) in [7, 11) is 0. The van der Waals surface area contributed by atoms with Gasteiger partial charge in [0.1, 0.15) is 5.78 Å². The summed E-state index contributed by atoms with van der Waals surface area (Å²) in [6.07, 6.45) is 12.7. The SMILES string of the molecule is C=C[C@]12CCC(=O)C=C1CCC1C2CC[C@@]2(C)C1CC[C@@H]2C(C)=O. The first-order chi connectivity index (χ1) is 11.4. The molecule has 0 aromatic heterocycles. The molecule has 0 heterocycles. The second-order valence-electron chi connectivity index (χ2n) is 9.08. The van der Waals surface area contributed by atoms with Gasteiger partial charge in [-0.05, 0) is 81.1 Å². The standard InChI is InChI=1S/C22H30O2/c1-4-22-12-9-16(24)13-15(22)5-6-17-19-8-7-18(14(2)23)21(19,3)11-10-20(17)22/h4,13,17-20H,1,5-12H2,2-3H3/t17?,18-,19?,20?,21-,22+/m1/s1. The van der Waals surface area contributed by atoms with Crippen molar-refractivity contribution >= 4 is 11.6 Å². The maximum Gasteiger partial charge on any atom is 0.155 e. The van der Waals surface area contributed by atoms with Gasteiger partial charge in [-0.15, -0.1) is 6.58 Å². The van der Waals surface area contributed by atoms with E-state index in [0.717, 1.165) is 19.3 Å². The summed E-state index contributed by atoms with van der Waals surface area (Å²) in [6, 6.07) is 0. The molecule has 0 radical (unpaired) electrons. The van der Waals surface area contributed by atoms with Gasteiger partial charge in [-0.2, -0.15) is 0 Å². The fraction of sp³-hybridized carbons (Fsp3) is 0.727. The molecule has 0 saturated heterocycles. The van der Waals surface area contributed by atoms with Crippen molar-refractivity contribution in [2.75, 3.05) is 0 Å². The highest BCUT2D eigenvalue weighted by atomic mass is 16.1. The molecule has 3 unspecified atom stereocenters. The molecule has 2 nitrogen and oxygen atoms in total. The van der Waals surface area contributed by atoms with Crippen LogP contribution in [-0.2, 0) is 9.59 Å². The van der Waals surface area contributed by atoms with E-state index in [1.165, 1.54) is 31.3 Å². The maximum absolute atomic E-state index is 12.2. The van der Waals surface area contributed by atoms with Gasteiger partial charge in [0.05, 0.1) is 0 Å². The van der Waals surface area contributed by atoms with Crippen LogP contribution in [0.1, 0.15) is 65.2 Å². The third-order valence-corrected chi connectivity index (χ3v) is 8.42. The van der Waals surface area contributed by atoms with Gasteiger partial charge >= 0.3 is 0 Å². The molecule has 4 rings (SSSR count). The first-order valence-electron chi connectivity index (χ1n) is 9.80. The van der Waals surface area contributed by atoms with Gasteiger partial charge < -0.3 is 0 Å². The number of carbonyl (C=O) groups excluding carboxylic acids is 2. The van der Waals surface area contributed by atoms with Crippen LogP contribution in [0.15, 0.2) is 24.3 Å². The van der Waals surface area contributed by atoms with E-state index in [2.05, 4.69) is 19.6 Å². The van der Waals surface area contributed by atoms with E-state index in [4.69, 9.17) is 0 Å². The van der Waals surface area contributed by atoms with Gasteiger partial charge in [-0.3, -0.25) is 9.59 Å². The molecule has 24 heavy (non-hydrogen) atoms. The average molecular weight is 326 g/mol. The fourth-order valence-corrected chi connectivity index (χ4v) is 7.32. The number of ketones is 2. The third kappa shape index (κ3) is 2.01. The molecule has 3 saturated carbocycles. The number of allylic oxidation sites excluding steroid dienone is 2. The Labute approximate surface area is 145 Å². The van der Waals surface area contributed by atoms with Gasteiger partial charge in [0.15, 0.2) is 5.78 Å². The van der Waals surface area contributed by atoms with Crippen molar-refractivity contribution in [3.8, 4) is 0 Å². The average Bonchev–Trinajstić information content (AvgIpc) is 2.91. The van der Waals surface area contributed by atoms with Crippen LogP contribution < -0.4 is 0 Å². The smallest absolute Gasteiger partial charge is 0.155 e. The van der Waals surface area contributed by atoms with Crippen LogP contribution in [0, 0.1) is 34.5 Å². The molecule has 0 aliphatic heterocycles. The number of hydrogen-bond donors (Lipinski definition) is 0. The van der Waals surface area contributed by atoms with Crippen LogP contribution in [0.25, 0.3) is 0 Å². The second kappa shape index (κ2) is 5.41. The molecule has 0 aromatic carbocycles. The van der Waals surface area contributed by atoms with Crippen LogP contribution >= 0.6 is 0 Å². The fourth-order valence-electron chi connectivity index (χ4n) is 7.32. The van der Waals surface area contributed by atoms with Gasteiger partial charge in [0, 0.05) is 17.8 Å². The van der Waals surface area contributed by atoms with Gasteiger partial charge in [0.2, 0.25) is 0 Å². The monoisotopic (exact) mass is 326 g/mol. The van der Waals surface area contributed by atoms with E-state index in [1.54, 1.807) is 6.92 Å². The van der Waals surface area contributed by atoms with Crippen LogP contribution in [0.4, 0.5) is 0 Å². The Hall–Kier alpha value is -1.18. The summed E-state index contributed by atoms with van der Waals surface area (Å²) in [5.41, 5.74) is 1.63. The zero-order valence-corrected chi connectivity index (χ0v) is 15.1. The number of carbonyl (C=O) groups is 2. The van der Waals surface area contributed by atoms with Crippen LogP contribution in [0.5, 0.6) is 0 Å². The van der Waals surface area contributed by atoms with E-state index >= 15 is 0 Å². The molecular weight excluding hydrogens is 296 g/mol. The van der Waals surface area contributed by atoms with Crippen LogP contribution in [0.3, 0.4) is 0 Å². The lowest BCUT2D eigenvalue weighted by Gasteiger charge is -2.58. The lowest BCUT2D eigenvalue weighted by molar-refractivity contribution is -0.128. The molecule has 3 fully saturated rings. The summed E-state index contributed by atoms with van der Waals surface area (Å²) in [5, 5.41) is 0. The highest BCUT2D eigenvalue weighted by Crippen LogP contribution is 2.67. The van der Waals surface area contributed by atoms with Gasteiger partial charge in [-0.25, -0.2) is 0 Å². The van der Waals surface area contributed by atoms with Crippen molar-refractivity contribution in [2.24, 2.45) is 34.5 Å². The summed E-state index contributed by atoms with van der Waals surface area (Å²) in [5.74, 6) is 2.99. The normalized spacial score (nSPS) is 47.2. The molecular formula is C22H30O2. The highest BCUT2D eigenvalue weighted by Gasteiger charge is 2.60. The topological polar surface area (TPSA) is 34.1 Å². The predicted molar refractivity (Wildman–Crippen MR) is 95.4 cm³/mol. The third-order valence-electron chi connectivity index (χ3n) is 8.42. The van der Waals surface area contributed by atoms with Crippen LogP contribution in [0.2, 0.25) is 0 Å². The number of fused-ring (bicyclic) bond motifs is 5. The minimum atomic E-state index is 0.0620. The van der Waals surface area contributed by atoms with Gasteiger partial charge in [0.25, 0.3) is 0 Å². The Morgan fingerprint density at radius 3 is 2.67 bits per heavy atom. The summed E-state index contributed by atoms with van der Waals surface area (Å²) >= 11 is 0. The Morgan fingerprint density at radius 1 is 1.17 bits per heavy atom. The molecule has 4 aliphatic rings. The van der Waals surface area contributed by atoms with Crippen LogP contribution in [-0.4, -0.2) is 11.6 Å². The van der Waals surface area contributed by atoms with Crippen molar-refractivity contribution in [3.63, 3.8) is 0 Å². The molecule has 4 aliphatic carbocycles. The van der Waals surface area contributed by atoms with E-state index < -0.39 is 0 Å². The lowest BCUT2D eigenvalue weighted by Crippen LogP contribution is -2.51. The molecule has 0 spiro atoms. The summed E-state index contributed by atoms with van der Waals surface area (Å²) in [6.45, 7) is 8.40. The molecule has 0 aromatic rings. The molecule has 0 N–H and O–H groups in total. The predicted octanol–water partition coefficient (Wildman–Crippen LogP) is 4.89. The number of Topliss-reactive ketones (excluding diaryl/α,β-unsaturated/α-hetero) is 1. The largest absolute Gasteiger partial charge is 0.300 e. The van der Waals surface area contributed by atoms with Crippen molar-refractivity contribution in [2.45, 2.75) is 65.2 Å². The lowest BCUT2D eigenvalue weighted by atomic mass is 9.46. The zero-order chi connectivity index (χ0) is 17.1. The molecule has 6 atom stereocenters. The summed E-state index contributed by atoms with van der Waals surface area (Å²) < 4.78 is 0. The molecule has 0 bridgehead atoms. The number of rotatable bonds is 2. The minimum Gasteiger partial charge on any atom is -0.300 e. The maximum atomic E-state index is 12.2. The molecule has 2 heteroatoms. The quantitative estimate of drug-likeness (QED) is 0.677. The first kappa shape index (κ1) is 16.3. The van der Waals surface area contributed by atoms with E-state index in [1.807, 2.05) is 6.08 Å².